The lowest BCUT2D eigenvalue weighted by Gasteiger charge is -2.46. The van der Waals surface area contributed by atoms with E-state index in [-0.39, 0.29) is 11.9 Å². The number of fused-ring (bicyclic) bond motifs is 2. The van der Waals surface area contributed by atoms with Crippen LogP contribution in [0.25, 0.3) is 0 Å². The largest absolute Gasteiger partial charge is 0.469 e. The van der Waals surface area contributed by atoms with E-state index in [1.54, 1.807) is 0 Å². The molecule has 1 aliphatic heterocycles. The molecule has 2 heterocycles. The monoisotopic (exact) mass is 325 g/mol. The summed E-state index contributed by atoms with van der Waals surface area (Å²) in [5.41, 5.74) is 3.85. The van der Waals surface area contributed by atoms with Crippen LogP contribution in [0.15, 0.2) is 36.5 Å². The molecule has 2 aromatic rings. The quantitative estimate of drug-likeness (QED) is 0.879. The number of hydrogen-bond acceptors (Lipinski definition) is 4. The van der Waals surface area contributed by atoms with Gasteiger partial charge in [-0.15, -0.1) is 0 Å². The van der Waals surface area contributed by atoms with Crippen molar-refractivity contribution in [2.45, 2.75) is 31.8 Å². The van der Waals surface area contributed by atoms with Gasteiger partial charge in [0.15, 0.2) is 0 Å². The van der Waals surface area contributed by atoms with Crippen molar-refractivity contribution in [2.75, 3.05) is 13.7 Å². The minimum absolute atomic E-state index is 0.0376. The van der Waals surface area contributed by atoms with Crippen molar-refractivity contribution in [3.05, 3.63) is 53.3 Å². The normalized spacial score (nSPS) is 26.5. The average molecular weight is 325 g/mol. The third-order valence-electron chi connectivity index (χ3n) is 5.52. The summed E-state index contributed by atoms with van der Waals surface area (Å²) < 4.78 is 5.04. The summed E-state index contributed by atoms with van der Waals surface area (Å²) >= 11 is 0. The highest BCUT2D eigenvalue weighted by Gasteiger charge is 2.42. The average Bonchev–Trinajstić information content (AvgIpc) is 3.07. The predicted octanol–water partition coefficient (Wildman–Crippen LogP) is 2.19. The number of nitrogens with zero attached hydrogens (tertiary/aromatic N) is 2. The number of ether oxygens (including phenoxy) is 1. The molecule has 5 nitrogen and oxygen atoms in total. The van der Waals surface area contributed by atoms with Crippen LogP contribution in [-0.4, -0.2) is 40.8 Å². The Hall–Kier alpha value is -2.14. The van der Waals surface area contributed by atoms with Crippen molar-refractivity contribution in [1.82, 2.24) is 15.1 Å². The Morgan fingerprint density at radius 1 is 1.33 bits per heavy atom. The molecule has 1 aromatic heterocycles. The van der Waals surface area contributed by atoms with Gasteiger partial charge < -0.3 is 4.74 Å². The lowest BCUT2D eigenvalue weighted by Crippen LogP contribution is -2.53. The van der Waals surface area contributed by atoms with Crippen LogP contribution in [0.1, 0.15) is 23.2 Å². The number of esters is 1. The number of piperidine rings is 1. The number of hydrogen-bond donors (Lipinski definition) is 1. The summed E-state index contributed by atoms with van der Waals surface area (Å²) in [7, 11) is 1.49. The molecule has 1 aromatic carbocycles. The highest BCUT2D eigenvalue weighted by molar-refractivity contribution is 5.72. The van der Waals surface area contributed by atoms with Crippen LogP contribution < -0.4 is 0 Å². The van der Waals surface area contributed by atoms with Gasteiger partial charge in [0.2, 0.25) is 0 Å². The molecule has 0 bridgehead atoms. The van der Waals surface area contributed by atoms with E-state index in [0.717, 1.165) is 32.4 Å². The Kier molecular flexibility index (Phi) is 4.10. The van der Waals surface area contributed by atoms with Gasteiger partial charge in [-0.1, -0.05) is 30.3 Å². The van der Waals surface area contributed by atoms with E-state index in [9.17, 15) is 4.79 Å². The summed E-state index contributed by atoms with van der Waals surface area (Å²) in [4.78, 5) is 14.6. The lowest BCUT2D eigenvalue weighted by atomic mass is 9.74. The second kappa shape index (κ2) is 6.40. The molecule has 0 radical (unpaired) electrons. The molecule has 1 unspecified atom stereocenters. The molecule has 1 fully saturated rings. The zero-order valence-electron chi connectivity index (χ0n) is 13.9. The molecule has 24 heavy (non-hydrogen) atoms. The van der Waals surface area contributed by atoms with Gasteiger partial charge in [0, 0.05) is 24.8 Å². The van der Waals surface area contributed by atoms with Crippen LogP contribution in [0.4, 0.5) is 0 Å². The van der Waals surface area contributed by atoms with E-state index in [1.165, 1.54) is 23.9 Å². The van der Waals surface area contributed by atoms with Crippen molar-refractivity contribution in [3.8, 4) is 0 Å². The zero-order chi connectivity index (χ0) is 16.5. The molecule has 0 saturated carbocycles. The van der Waals surface area contributed by atoms with E-state index >= 15 is 0 Å². The maximum atomic E-state index is 12.2. The van der Waals surface area contributed by atoms with E-state index in [4.69, 9.17) is 4.74 Å². The van der Waals surface area contributed by atoms with Gasteiger partial charge in [0.05, 0.1) is 19.2 Å². The first-order valence-corrected chi connectivity index (χ1v) is 8.61. The molecule has 1 saturated heterocycles. The fourth-order valence-corrected chi connectivity index (χ4v) is 4.34. The minimum Gasteiger partial charge on any atom is -0.469 e. The molecule has 126 valence electrons. The van der Waals surface area contributed by atoms with E-state index < -0.39 is 0 Å². The topological polar surface area (TPSA) is 58.2 Å². The number of H-pyrrole nitrogens is 1. The zero-order valence-corrected chi connectivity index (χ0v) is 13.9. The number of rotatable bonds is 3. The Bertz CT molecular complexity index is 712. The molecule has 3 atom stereocenters. The third-order valence-corrected chi connectivity index (χ3v) is 5.52. The highest BCUT2D eigenvalue weighted by Crippen LogP contribution is 2.37. The summed E-state index contributed by atoms with van der Waals surface area (Å²) in [6.45, 7) is 1.65. The molecule has 2 aliphatic rings. The number of benzene rings is 1. The predicted molar refractivity (Wildman–Crippen MR) is 90.2 cm³/mol. The maximum Gasteiger partial charge on any atom is 0.309 e. The first-order chi connectivity index (χ1) is 11.7. The van der Waals surface area contributed by atoms with Crippen molar-refractivity contribution < 1.29 is 9.53 Å². The number of carbonyl (C=O) groups excluding carboxylic acids is 1. The number of aromatic nitrogens is 2. The smallest absolute Gasteiger partial charge is 0.309 e. The van der Waals surface area contributed by atoms with Gasteiger partial charge >= 0.3 is 5.97 Å². The third kappa shape index (κ3) is 2.84. The Morgan fingerprint density at radius 2 is 2.17 bits per heavy atom. The maximum absolute atomic E-state index is 12.2. The summed E-state index contributed by atoms with van der Waals surface area (Å²) in [6, 6.07) is 11.0. The van der Waals surface area contributed by atoms with Crippen molar-refractivity contribution in [2.24, 2.45) is 11.8 Å². The Balaban J connectivity index is 1.60. The van der Waals surface area contributed by atoms with Crippen LogP contribution in [-0.2, 0) is 28.9 Å². The molecule has 0 spiro atoms. The van der Waals surface area contributed by atoms with E-state index in [2.05, 4.69) is 39.4 Å². The Morgan fingerprint density at radius 3 is 2.96 bits per heavy atom. The fraction of sp³-hybridized carbons (Fsp3) is 0.474. The van der Waals surface area contributed by atoms with Gasteiger partial charge in [-0.2, -0.15) is 5.10 Å². The summed E-state index contributed by atoms with van der Waals surface area (Å²) in [6.07, 6.45) is 4.84. The van der Waals surface area contributed by atoms with Crippen molar-refractivity contribution in [1.29, 1.82) is 0 Å². The van der Waals surface area contributed by atoms with Crippen LogP contribution in [0.2, 0.25) is 0 Å². The van der Waals surface area contributed by atoms with E-state index in [0.29, 0.717) is 12.0 Å². The number of carbonyl (C=O) groups is 1. The van der Waals surface area contributed by atoms with E-state index in [1.807, 2.05) is 12.3 Å². The molecule has 1 aliphatic carbocycles. The number of aromatic amines is 1. The lowest BCUT2D eigenvalue weighted by molar-refractivity contribution is -0.149. The van der Waals surface area contributed by atoms with Crippen LogP contribution >= 0.6 is 0 Å². The van der Waals surface area contributed by atoms with Gasteiger partial charge in [-0.25, -0.2) is 0 Å². The first kappa shape index (κ1) is 15.4. The standard InChI is InChI=1S/C19H23N3O2/c1-24-19(23)16-7-14-8-17-15(10-20-21-17)9-18(14)22(12-16)11-13-5-3-2-4-6-13/h2-6,10,14,16,18H,7-9,11-12H2,1H3,(H,20,21)/t14-,16-,18?/m1/s1. The number of nitrogens with one attached hydrogen (secondary N) is 1. The van der Waals surface area contributed by atoms with Crippen LogP contribution in [0, 0.1) is 11.8 Å². The molecule has 4 rings (SSSR count). The molecule has 0 amide bonds. The number of likely N-dealkylation sites (tertiary alicyclic amines) is 1. The molecular formula is C19H23N3O2. The van der Waals surface area contributed by atoms with Crippen LogP contribution in [0.5, 0.6) is 0 Å². The SMILES string of the molecule is COC(=O)[C@@H]1C[C@@H]2Cc3[nH]ncc3CC2N(Cc2ccccc2)C1. The first-order valence-electron chi connectivity index (χ1n) is 8.61. The second-order valence-corrected chi connectivity index (χ2v) is 6.98. The van der Waals surface area contributed by atoms with Gasteiger partial charge in [0.25, 0.3) is 0 Å². The fourth-order valence-electron chi connectivity index (χ4n) is 4.34. The molecular weight excluding hydrogens is 302 g/mol. The number of methoxy groups -OCH3 is 1. The van der Waals surface area contributed by atoms with Gasteiger partial charge in [0.1, 0.15) is 0 Å². The molecule has 5 heteroatoms. The van der Waals surface area contributed by atoms with Gasteiger partial charge in [-0.3, -0.25) is 14.8 Å². The highest BCUT2D eigenvalue weighted by atomic mass is 16.5. The second-order valence-electron chi connectivity index (χ2n) is 6.98. The molecule has 1 N–H and O–H groups in total. The summed E-state index contributed by atoms with van der Waals surface area (Å²) in [5.74, 6) is 0.353. The minimum atomic E-state index is -0.0816. The summed E-state index contributed by atoms with van der Waals surface area (Å²) in [5, 5.41) is 7.33. The van der Waals surface area contributed by atoms with Gasteiger partial charge in [-0.05, 0) is 36.3 Å². The van der Waals surface area contributed by atoms with Crippen molar-refractivity contribution >= 4 is 5.97 Å². The van der Waals surface area contributed by atoms with Crippen LogP contribution in [0.3, 0.4) is 0 Å². The van der Waals surface area contributed by atoms with Crippen molar-refractivity contribution in [3.63, 3.8) is 0 Å². The Labute approximate surface area is 142 Å².